The van der Waals surface area contributed by atoms with Crippen molar-refractivity contribution in [2.75, 3.05) is 13.2 Å². The smallest absolute Gasteiger partial charge is 0.371 e. The van der Waals surface area contributed by atoms with Gasteiger partial charge in [0.1, 0.15) is 5.75 Å². The van der Waals surface area contributed by atoms with Crippen molar-refractivity contribution in [2.24, 2.45) is 0 Å². The molecule has 0 amide bonds. The van der Waals surface area contributed by atoms with Crippen molar-refractivity contribution in [1.29, 1.82) is 0 Å². The maximum absolute atomic E-state index is 11.0. The van der Waals surface area contributed by atoms with Gasteiger partial charge in [-0.25, -0.2) is 4.79 Å². The lowest BCUT2D eigenvalue weighted by Crippen LogP contribution is -2.04. The van der Waals surface area contributed by atoms with Crippen LogP contribution in [0.3, 0.4) is 0 Å². The van der Waals surface area contributed by atoms with E-state index in [-0.39, 0.29) is 5.76 Å². The summed E-state index contributed by atoms with van der Waals surface area (Å²) in [6.45, 7) is 4.85. The Morgan fingerprint density at radius 2 is 2.15 bits per heavy atom. The van der Waals surface area contributed by atoms with Gasteiger partial charge < -0.3 is 14.6 Å². The Balaban J connectivity index is 2.92. The lowest BCUT2D eigenvalue weighted by atomic mass is 10.2. The van der Waals surface area contributed by atoms with Gasteiger partial charge in [-0.3, -0.25) is 0 Å². The first kappa shape index (κ1) is 16.8. The van der Waals surface area contributed by atoms with Crippen LogP contribution in [0, 0.1) is 3.57 Å². The molecule has 0 aromatic heterocycles. The zero-order valence-corrected chi connectivity index (χ0v) is 13.8. The lowest BCUT2D eigenvalue weighted by molar-refractivity contribution is -0.136. The molecule has 5 heteroatoms. The largest absolute Gasteiger partial charge is 0.492 e. The molecule has 1 aromatic rings. The Bertz CT molecular complexity index is 483. The van der Waals surface area contributed by atoms with E-state index in [4.69, 9.17) is 14.6 Å². The number of ether oxygens (including phenoxy) is 2. The van der Waals surface area contributed by atoms with E-state index >= 15 is 0 Å². The molecule has 110 valence electrons. The van der Waals surface area contributed by atoms with Gasteiger partial charge in [0.05, 0.1) is 16.8 Å². The molecule has 0 spiro atoms. The molecule has 0 heterocycles. The van der Waals surface area contributed by atoms with Crippen molar-refractivity contribution in [1.82, 2.24) is 0 Å². The van der Waals surface area contributed by atoms with Crippen molar-refractivity contribution in [3.05, 3.63) is 33.1 Å². The van der Waals surface area contributed by atoms with Crippen LogP contribution in [0.2, 0.25) is 0 Å². The third-order valence-corrected chi connectivity index (χ3v) is 3.41. The van der Waals surface area contributed by atoms with Crippen LogP contribution in [0.25, 0.3) is 6.08 Å². The van der Waals surface area contributed by atoms with Crippen molar-refractivity contribution < 1.29 is 19.4 Å². The third-order valence-electron chi connectivity index (χ3n) is 2.52. The van der Waals surface area contributed by atoms with Gasteiger partial charge in [-0.15, -0.1) is 0 Å². The molecule has 0 atom stereocenters. The molecule has 0 fully saturated rings. The summed E-state index contributed by atoms with van der Waals surface area (Å²) in [5.41, 5.74) is 0.753. The number of hydrogen-bond donors (Lipinski definition) is 1. The second-order valence-electron chi connectivity index (χ2n) is 4.14. The predicted molar refractivity (Wildman–Crippen MR) is 86.8 cm³/mol. The maximum atomic E-state index is 11.0. The Labute approximate surface area is 132 Å². The summed E-state index contributed by atoms with van der Waals surface area (Å²) in [6.07, 6.45) is 3.58. The van der Waals surface area contributed by atoms with Crippen LogP contribution in [0.1, 0.15) is 32.3 Å². The average molecular weight is 390 g/mol. The molecule has 1 aromatic carbocycles. The summed E-state index contributed by atoms with van der Waals surface area (Å²) in [5, 5.41) is 9.04. The number of carboxylic acid groups (broad SMARTS) is 1. The summed E-state index contributed by atoms with van der Waals surface area (Å²) in [4.78, 5) is 11.0. The third kappa shape index (κ3) is 5.40. The van der Waals surface area contributed by atoms with E-state index in [0.717, 1.165) is 27.7 Å². The highest BCUT2D eigenvalue weighted by Gasteiger charge is 2.09. The lowest BCUT2D eigenvalue weighted by Gasteiger charge is -2.09. The zero-order valence-electron chi connectivity index (χ0n) is 11.7. The number of halogens is 1. The van der Waals surface area contributed by atoms with Gasteiger partial charge >= 0.3 is 5.97 Å². The minimum Gasteiger partial charge on any atom is -0.492 e. The highest BCUT2D eigenvalue weighted by molar-refractivity contribution is 14.1. The number of benzene rings is 1. The van der Waals surface area contributed by atoms with Crippen LogP contribution >= 0.6 is 22.6 Å². The van der Waals surface area contributed by atoms with Crippen LogP contribution in [-0.4, -0.2) is 24.3 Å². The topological polar surface area (TPSA) is 55.8 Å². The van der Waals surface area contributed by atoms with E-state index in [1.165, 1.54) is 6.08 Å². The van der Waals surface area contributed by atoms with Crippen molar-refractivity contribution in [3.8, 4) is 5.75 Å². The fraction of sp³-hybridized carbons (Fsp3) is 0.400. The number of rotatable bonds is 8. The van der Waals surface area contributed by atoms with Crippen LogP contribution in [0.5, 0.6) is 5.75 Å². The molecule has 0 saturated carbocycles. The van der Waals surface area contributed by atoms with Gasteiger partial charge in [-0.1, -0.05) is 19.4 Å². The van der Waals surface area contributed by atoms with Crippen molar-refractivity contribution in [3.63, 3.8) is 0 Å². The molecule has 0 aliphatic rings. The summed E-state index contributed by atoms with van der Waals surface area (Å²) in [5.74, 6) is -0.360. The quantitative estimate of drug-likeness (QED) is 0.316. The molecule has 0 aliphatic heterocycles. The fourth-order valence-electron chi connectivity index (χ4n) is 1.52. The standard InChI is InChI=1S/C15H19IO4/c1-3-5-8-20-13-9-11(6-7-12(13)16)10-14(15(17)18)19-4-2/h6-7,9-10H,3-5,8H2,1-2H3,(H,17,18). The van der Waals surface area contributed by atoms with E-state index in [1.54, 1.807) is 6.92 Å². The maximum Gasteiger partial charge on any atom is 0.371 e. The van der Waals surface area contributed by atoms with E-state index in [2.05, 4.69) is 29.5 Å². The summed E-state index contributed by atoms with van der Waals surface area (Å²) < 4.78 is 11.8. The first-order valence-electron chi connectivity index (χ1n) is 6.58. The Morgan fingerprint density at radius 1 is 1.40 bits per heavy atom. The molecule has 4 nitrogen and oxygen atoms in total. The van der Waals surface area contributed by atoms with Gasteiger partial charge in [0.25, 0.3) is 0 Å². The predicted octanol–water partition coefficient (Wildman–Crippen LogP) is 3.93. The molecule has 1 N–H and O–H groups in total. The van der Waals surface area contributed by atoms with E-state index < -0.39 is 5.97 Å². The molecule has 0 saturated heterocycles. The molecular weight excluding hydrogens is 371 g/mol. The SMILES string of the molecule is CCCCOc1cc(C=C(OCC)C(=O)O)ccc1I. The van der Waals surface area contributed by atoms with E-state index in [1.807, 2.05) is 18.2 Å². The van der Waals surface area contributed by atoms with Gasteiger partial charge in [0, 0.05) is 0 Å². The van der Waals surface area contributed by atoms with E-state index in [0.29, 0.717) is 13.2 Å². The fourth-order valence-corrected chi connectivity index (χ4v) is 2.01. The zero-order chi connectivity index (χ0) is 15.0. The highest BCUT2D eigenvalue weighted by Crippen LogP contribution is 2.24. The monoisotopic (exact) mass is 390 g/mol. The summed E-state index contributed by atoms with van der Waals surface area (Å²) in [6, 6.07) is 5.58. The number of aliphatic carboxylic acids is 1. The Kier molecular flexibility index (Phi) is 7.43. The molecule has 0 bridgehead atoms. The minimum absolute atomic E-state index is 0.0618. The van der Waals surface area contributed by atoms with Gasteiger partial charge in [-0.05, 0) is 59.7 Å². The summed E-state index contributed by atoms with van der Waals surface area (Å²) in [7, 11) is 0. The molecule has 0 unspecified atom stereocenters. The summed E-state index contributed by atoms with van der Waals surface area (Å²) >= 11 is 2.20. The second kappa shape index (κ2) is 8.84. The molecule has 20 heavy (non-hydrogen) atoms. The van der Waals surface area contributed by atoms with Crippen LogP contribution in [0.4, 0.5) is 0 Å². The Hall–Kier alpha value is -1.24. The number of carboxylic acids is 1. The van der Waals surface area contributed by atoms with Crippen LogP contribution in [0.15, 0.2) is 24.0 Å². The Morgan fingerprint density at radius 3 is 2.75 bits per heavy atom. The number of hydrogen-bond acceptors (Lipinski definition) is 3. The van der Waals surface area contributed by atoms with Gasteiger partial charge in [0.2, 0.25) is 5.76 Å². The molecule has 0 aliphatic carbocycles. The first-order valence-corrected chi connectivity index (χ1v) is 7.66. The normalized spacial score (nSPS) is 11.2. The average Bonchev–Trinajstić information content (AvgIpc) is 2.41. The van der Waals surface area contributed by atoms with Crippen LogP contribution < -0.4 is 4.74 Å². The first-order chi connectivity index (χ1) is 9.58. The van der Waals surface area contributed by atoms with Crippen LogP contribution in [-0.2, 0) is 9.53 Å². The second-order valence-corrected chi connectivity index (χ2v) is 5.30. The van der Waals surface area contributed by atoms with Crippen molar-refractivity contribution in [2.45, 2.75) is 26.7 Å². The highest BCUT2D eigenvalue weighted by atomic mass is 127. The minimum atomic E-state index is -1.07. The van der Waals surface area contributed by atoms with Gasteiger partial charge in [-0.2, -0.15) is 0 Å². The van der Waals surface area contributed by atoms with E-state index in [9.17, 15) is 4.79 Å². The van der Waals surface area contributed by atoms with Gasteiger partial charge in [0.15, 0.2) is 0 Å². The molecule has 1 rings (SSSR count). The molecular formula is C15H19IO4. The number of carbonyl (C=O) groups is 1. The number of unbranched alkanes of at least 4 members (excludes halogenated alkanes) is 1. The molecule has 0 radical (unpaired) electrons. The van der Waals surface area contributed by atoms with Crippen molar-refractivity contribution >= 4 is 34.6 Å².